The monoisotopic (exact) mass is 201 g/mol. The minimum atomic E-state index is -0.919. The number of amides is 1. The SMILES string of the molecule is C[C@H](CCO)N1CC(C(=O)O)CC1=O. The van der Waals surface area contributed by atoms with E-state index in [-0.39, 0.29) is 31.5 Å². The average Bonchev–Trinajstić information content (AvgIpc) is 2.48. The minimum absolute atomic E-state index is 0.0166. The molecule has 0 saturated carbocycles. The molecule has 0 aromatic rings. The van der Waals surface area contributed by atoms with Gasteiger partial charge in [-0.15, -0.1) is 0 Å². The van der Waals surface area contributed by atoms with Crippen molar-refractivity contribution in [1.29, 1.82) is 0 Å². The lowest BCUT2D eigenvalue weighted by Crippen LogP contribution is -2.35. The van der Waals surface area contributed by atoms with Gasteiger partial charge in [-0.1, -0.05) is 0 Å². The summed E-state index contributed by atoms with van der Waals surface area (Å²) in [6.07, 6.45) is 0.586. The zero-order chi connectivity index (χ0) is 10.7. The molecule has 2 N–H and O–H groups in total. The number of carbonyl (C=O) groups excluding carboxylic acids is 1. The number of likely N-dealkylation sites (tertiary alicyclic amines) is 1. The highest BCUT2D eigenvalue weighted by atomic mass is 16.4. The van der Waals surface area contributed by atoms with Crippen LogP contribution >= 0.6 is 0 Å². The third-order valence-electron chi connectivity index (χ3n) is 2.59. The molecular weight excluding hydrogens is 186 g/mol. The standard InChI is InChI=1S/C9H15NO4/c1-6(2-3-11)10-5-7(9(13)14)4-8(10)12/h6-7,11H,2-5H2,1H3,(H,13,14)/t6-,7?/m1/s1. The van der Waals surface area contributed by atoms with Crippen molar-refractivity contribution in [1.82, 2.24) is 4.90 Å². The fourth-order valence-electron chi connectivity index (χ4n) is 1.67. The van der Waals surface area contributed by atoms with Crippen molar-refractivity contribution in [3.8, 4) is 0 Å². The third-order valence-corrected chi connectivity index (χ3v) is 2.59. The van der Waals surface area contributed by atoms with Gasteiger partial charge in [0, 0.05) is 25.6 Å². The summed E-state index contributed by atoms with van der Waals surface area (Å²) in [5.41, 5.74) is 0. The maximum Gasteiger partial charge on any atom is 0.308 e. The molecule has 0 radical (unpaired) electrons. The number of rotatable bonds is 4. The van der Waals surface area contributed by atoms with Crippen LogP contribution in [0.4, 0.5) is 0 Å². The predicted octanol–water partition coefficient (Wildman–Crippen LogP) is -0.310. The molecule has 1 aliphatic heterocycles. The van der Waals surface area contributed by atoms with Crippen molar-refractivity contribution >= 4 is 11.9 Å². The normalized spacial score (nSPS) is 24.0. The van der Waals surface area contributed by atoms with Crippen LogP contribution in [0, 0.1) is 5.92 Å². The van der Waals surface area contributed by atoms with E-state index in [9.17, 15) is 9.59 Å². The summed E-state index contributed by atoms with van der Waals surface area (Å²) < 4.78 is 0. The first-order valence-corrected chi connectivity index (χ1v) is 4.69. The Bertz CT molecular complexity index is 241. The van der Waals surface area contributed by atoms with Crippen molar-refractivity contribution in [2.45, 2.75) is 25.8 Å². The Hall–Kier alpha value is -1.10. The zero-order valence-corrected chi connectivity index (χ0v) is 8.14. The molecule has 0 aromatic carbocycles. The number of aliphatic hydroxyl groups is 1. The van der Waals surface area contributed by atoms with Gasteiger partial charge in [0.25, 0.3) is 0 Å². The van der Waals surface area contributed by atoms with E-state index in [2.05, 4.69) is 0 Å². The molecular formula is C9H15NO4. The van der Waals surface area contributed by atoms with Gasteiger partial charge in [-0.2, -0.15) is 0 Å². The van der Waals surface area contributed by atoms with E-state index in [4.69, 9.17) is 10.2 Å². The maximum atomic E-state index is 11.4. The van der Waals surface area contributed by atoms with E-state index in [0.29, 0.717) is 6.42 Å². The summed E-state index contributed by atoms with van der Waals surface area (Å²) in [4.78, 5) is 23.6. The van der Waals surface area contributed by atoms with E-state index in [0.717, 1.165) is 0 Å². The van der Waals surface area contributed by atoms with Crippen molar-refractivity contribution < 1.29 is 19.8 Å². The highest BCUT2D eigenvalue weighted by Gasteiger charge is 2.36. The maximum absolute atomic E-state index is 11.4. The van der Waals surface area contributed by atoms with Gasteiger partial charge in [-0.05, 0) is 13.3 Å². The van der Waals surface area contributed by atoms with Gasteiger partial charge < -0.3 is 15.1 Å². The zero-order valence-electron chi connectivity index (χ0n) is 8.14. The van der Waals surface area contributed by atoms with E-state index >= 15 is 0 Å². The Morgan fingerprint density at radius 2 is 2.36 bits per heavy atom. The lowest BCUT2D eigenvalue weighted by molar-refractivity contribution is -0.141. The summed E-state index contributed by atoms with van der Waals surface area (Å²) in [7, 11) is 0. The van der Waals surface area contributed by atoms with Crippen LogP contribution in [0.15, 0.2) is 0 Å². The minimum Gasteiger partial charge on any atom is -0.481 e. The lowest BCUT2D eigenvalue weighted by Gasteiger charge is -2.23. The van der Waals surface area contributed by atoms with Crippen LogP contribution in [-0.2, 0) is 9.59 Å². The van der Waals surface area contributed by atoms with Crippen LogP contribution in [0.1, 0.15) is 19.8 Å². The Labute approximate surface area is 82.3 Å². The fraction of sp³-hybridized carbons (Fsp3) is 0.778. The predicted molar refractivity (Wildman–Crippen MR) is 48.6 cm³/mol. The van der Waals surface area contributed by atoms with Gasteiger partial charge in [-0.3, -0.25) is 9.59 Å². The molecule has 2 atom stereocenters. The number of hydrogen-bond acceptors (Lipinski definition) is 3. The van der Waals surface area contributed by atoms with Crippen LogP contribution in [0.25, 0.3) is 0 Å². The van der Waals surface area contributed by atoms with Gasteiger partial charge in [-0.25, -0.2) is 0 Å². The highest BCUT2D eigenvalue weighted by molar-refractivity contribution is 5.86. The Balaban J connectivity index is 2.56. The molecule has 1 rings (SSSR count). The van der Waals surface area contributed by atoms with Crippen molar-refractivity contribution in [3.05, 3.63) is 0 Å². The largest absolute Gasteiger partial charge is 0.481 e. The molecule has 0 aliphatic carbocycles. The summed E-state index contributed by atoms with van der Waals surface area (Å²) >= 11 is 0. The quantitative estimate of drug-likeness (QED) is 0.654. The first-order chi connectivity index (χ1) is 6.56. The molecule has 1 heterocycles. The molecule has 1 saturated heterocycles. The third kappa shape index (κ3) is 2.23. The summed E-state index contributed by atoms with van der Waals surface area (Å²) in [6, 6.07) is -0.0724. The first-order valence-electron chi connectivity index (χ1n) is 4.69. The number of carboxylic acids is 1. The van der Waals surface area contributed by atoms with Crippen molar-refractivity contribution in [2.24, 2.45) is 5.92 Å². The van der Waals surface area contributed by atoms with Crippen LogP contribution in [0.5, 0.6) is 0 Å². The molecule has 5 nitrogen and oxygen atoms in total. The molecule has 80 valence electrons. The first kappa shape index (κ1) is 11.0. The van der Waals surface area contributed by atoms with E-state index < -0.39 is 11.9 Å². The van der Waals surface area contributed by atoms with Crippen molar-refractivity contribution in [3.63, 3.8) is 0 Å². The Morgan fingerprint density at radius 1 is 1.71 bits per heavy atom. The van der Waals surface area contributed by atoms with Crippen LogP contribution in [0.3, 0.4) is 0 Å². The van der Waals surface area contributed by atoms with Gasteiger partial charge in [0.15, 0.2) is 0 Å². The number of hydrogen-bond donors (Lipinski definition) is 2. The number of carboxylic acid groups (broad SMARTS) is 1. The van der Waals surface area contributed by atoms with Crippen LogP contribution in [-0.4, -0.2) is 46.2 Å². The molecule has 0 bridgehead atoms. The second-order valence-electron chi connectivity index (χ2n) is 3.65. The highest BCUT2D eigenvalue weighted by Crippen LogP contribution is 2.21. The van der Waals surface area contributed by atoms with Crippen molar-refractivity contribution in [2.75, 3.05) is 13.2 Å². The average molecular weight is 201 g/mol. The topological polar surface area (TPSA) is 77.8 Å². The van der Waals surface area contributed by atoms with Gasteiger partial charge >= 0.3 is 5.97 Å². The molecule has 1 fully saturated rings. The molecule has 1 unspecified atom stereocenters. The Morgan fingerprint density at radius 3 is 2.79 bits per heavy atom. The molecule has 0 spiro atoms. The van der Waals surface area contributed by atoms with Gasteiger partial charge in [0.2, 0.25) is 5.91 Å². The lowest BCUT2D eigenvalue weighted by atomic mass is 10.1. The van der Waals surface area contributed by atoms with Gasteiger partial charge in [0.05, 0.1) is 5.92 Å². The second-order valence-corrected chi connectivity index (χ2v) is 3.65. The van der Waals surface area contributed by atoms with E-state index in [1.165, 1.54) is 4.90 Å². The van der Waals surface area contributed by atoms with Crippen LogP contribution < -0.4 is 0 Å². The Kier molecular flexibility index (Phi) is 3.46. The van der Waals surface area contributed by atoms with E-state index in [1.807, 2.05) is 6.92 Å². The number of aliphatic hydroxyl groups excluding tert-OH is 1. The number of aliphatic carboxylic acids is 1. The summed E-state index contributed by atoms with van der Waals surface area (Å²) in [5.74, 6) is -1.63. The fourth-order valence-corrected chi connectivity index (χ4v) is 1.67. The molecule has 1 aliphatic rings. The molecule has 0 aromatic heterocycles. The number of nitrogens with zero attached hydrogens (tertiary/aromatic N) is 1. The van der Waals surface area contributed by atoms with Gasteiger partial charge in [0.1, 0.15) is 0 Å². The smallest absolute Gasteiger partial charge is 0.308 e. The molecule has 5 heteroatoms. The molecule has 1 amide bonds. The summed E-state index contributed by atoms with van der Waals surface area (Å²) in [6.45, 7) is 2.11. The number of carbonyl (C=O) groups is 2. The molecule has 14 heavy (non-hydrogen) atoms. The van der Waals surface area contributed by atoms with E-state index in [1.54, 1.807) is 0 Å². The van der Waals surface area contributed by atoms with Crippen LogP contribution in [0.2, 0.25) is 0 Å². The second kappa shape index (κ2) is 4.41. The summed E-state index contributed by atoms with van der Waals surface area (Å²) in [5, 5.41) is 17.4.